The first kappa shape index (κ1) is 11.1. The highest BCUT2D eigenvalue weighted by Crippen LogP contribution is 1.77. The van der Waals surface area contributed by atoms with E-state index in [0.29, 0.717) is 15.2 Å². The Kier molecular flexibility index (Phi) is 21.7. The number of carbonyl (C=O) groups is 1. The van der Waals surface area contributed by atoms with Crippen molar-refractivity contribution in [2.75, 3.05) is 0 Å². The quantitative estimate of drug-likeness (QED) is 0.409. The van der Waals surface area contributed by atoms with E-state index in [9.17, 15) is 0 Å². The van der Waals surface area contributed by atoms with Gasteiger partial charge >= 0.3 is 0 Å². The maximum atomic E-state index is 8.81. The van der Waals surface area contributed by atoms with Crippen LogP contribution >= 0.6 is 0 Å². The monoisotopic (exact) mass is 130 g/mol. The summed E-state index contributed by atoms with van der Waals surface area (Å²) >= 11 is 0.432. The second kappa shape index (κ2) is 15.7. The number of rotatable bonds is 2. The van der Waals surface area contributed by atoms with Crippen molar-refractivity contribution in [3.8, 4) is 0 Å². The summed E-state index contributed by atoms with van der Waals surface area (Å²) in [6.07, 6.45) is 0.750. The molecule has 0 spiro atoms. The first-order valence-electron chi connectivity index (χ1n) is 3.23. The van der Waals surface area contributed by atoms with Gasteiger partial charge in [-0.25, -0.2) is 0 Å². The fourth-order valence-corrected chi connectivity index (χ4v) is 1.06. The first-order chi connectivity index (χ1) is 3.83. The molecule has 0 fully saturated rings. The van der Waals surface area contributed by atoms with Crippen LogP contribution in [0.4, 0.5) is 0 Å². The van der Waals surface area contributed by atoms with Crippen LogP contribution in [0.3, 0.4) is 0 Å². The topological polar surface area (TPSA) is 17.1 Å². The normalized spacial score (nSPS) is 6.38. The van der Waals surface area contributed by atoms with Crippen molar-refractivity contribution in [3.63, 3.8) is 0 Å². The summed E-state index contributed by atoms with van der Waals surface area (Å²) in [6.45, 7) is 5.99. The number of hydrogen-bond acceptors (Lipinski definition) is 1. The lowest BCUT2D eigenvalue weighted by atomic mass is 10.9. The molecule has 0 aromatic carbocycles. The fourth-order valence-electron chi connectivity index (χ4n) is 0.354. The van der Waals surface area contributed by atoms with Gasteiger partial charge in [0.1, 0.15) is 6.29 Å². The van der Waals surface area contributed by atoms with E-state index >= 15 is 0 Å². The van der Waals surface area contributed by atoms with E-state index in [2.05, 4.69) is 13.8 Å². The summed E-state index contributed by atoms with van der Waals surface area (Å²) in [4.78, 5) is 8.81. The van der Waals surface area contributed by atoms with Crippen molar-refractivity contribution in [3.05, 3.63) is 0 Å². The molecular weight excluding hydrogens is 115 g/mol. The summed E-state index contributed by atoms with van der Waals surface area (Å²) in [5, 5.41) is 2.97. The summed E-state index contributed by atoms with van der Waals surface area (Å²) in [7, 11) is 0. The lowest BCUT2D eigenvalue weighted by Gasteiger charge is -1.73. The minimum absolute atomic E-state index is 0.432. The first-order valence-corrected chi connectivity index (χ1v) is 5.23. The Morgan fingerprint density at radius 1 is 1.38 bits per heavy atom. The van der Waals surface area contributed by atoms with Gasteiger partial charge in [0.25, 0.3) is 0 Å². The minimum atomic E-state index is 0.432. The number of aldehydes is 1. The zero-order valence-corrected chi connectivity index (χ0v) is 7.52. The molecule has 2 heteroatoms. The summed E-state index contributed by atoms with van der Waals surface area (Å²) < 4.78 is 0. The minimum Gasteiger partial charge on any atom is -0.304 e. The van der Waals surface area contributed by atoms with Crippen molar-refractivity contribution in [2.45, 2.75) is 31.3 Å². The molecule has 0 rings (SSSR count). The fraction of sp³-hybridized carbons (Fsp3) is 0.833. The molecule has 48 valence electrons. The molecule has 1 nitrogen and oxygen atoms in total. The van der Waals surface area contributed by atoms with E-state index in [0.717, 1.165) is 6.29 Å². The van der Waals surface area contributed by atoms with Crippen LogP contribution in [0.15, 0.2) is 0 Å². The van der Waals surface area contributed by atoms with Crippen molar-refractivity contribution in [1.82, 2.24) is 0 Å². The molecule has 0 heterocycles. The van der Waals surface area contributed by atoms with Crippen LogP contribution in [0.5, 0.6) is 0 Å². The Labute approximate surface area is 58.2 Å². The third-order valence-electron chi connectivity index (χ3n) is 0.707. The second-order valence-electron chi connectivity index (χ2n) is 1.59. The number of hydrogen-bond donors (Lipinski definition) is 0. The molecule has 0 unspecified atom stereocenters. The summed E-state index contributed by atoms with van der Waals surface area (Å²) in [5.74, 6) is 0. The summed E-state index contributed by atoms with van der Waals surface area (Å²) in [5.41, 5.74) is 0. The predicted octanol–water partition coefficient (Wildman–Crippen LogP) is 1.50. The van der Waals surface area contributed by atoms with Gasteiger partial charge in [-0.3, -0.25) is 0 Å². The van der Waals surface area contributed by atoms with Crippen molar-refractivity contribution >= 4 is 21.5 Å². The van der Waals surface area contributed by atoms with Crippen molar-refractivity contribution in [1.29, 1.82) is 0 Å². The van der Waals surface area contributed by atoms with E-state index in [1.807, 2.05) is 0 Å². The Bertz CT molecular complexity index is 35.5. The molecule has 0 aliphatic carbocycles. The molecule has 0 bridgehead atoms. The zero-order valence-electron chi connectivity index (χ0n) is 6.11. The van der Waals surface area contributed by atoms with E-state index in [1.54, 1.807) is 0 Å². The van der Waals surface area contributed by atoms with Crippen LogP contribution in [0.25, 0.3) is 0 Å². The van der Waals surface area contributed by atoms with Gasteiger partial charge in [-0.2, -0.15) is 0 Å². The Morgan fingerprint density at radius 3 is 1.62 bits per heavy atom. The SMILES string of the molecule is CC=O.C[CH2][AlH][CH2]C. The van der Waals surface area contributed by atoms with E-state index < -0.39 is 0 Å². The average molecular weight is 130 g/mol. The summed E-state index contributed by atoms with van der Waals surface area (Å²) in [6, 6.07) is 0. The van der Waals surface area contributed by atoms with Gasteiger partial charge in [0, 0.05) is 0 Å². The molecule has 8 heavy (non-hydrogen) atoms. The lowest BCUT2D eigenvalue weighted by Crippen LogP contribution is -1.76. The van der Waals surface area contributed by atoms with Gasteiger partial charge in [-0.1, -0.05) is 13.8 Å². The van der Waals surface area contributed by atoms with Crippen LogP contribution < -0.4 is 0 Å². The van der Waals surface area contributed by atoms with Crippen molar-refractivity contribution in [2.24, 2.45) is 0 Å². The highest BCUT2D eigenvalue weighted by atomic mass is 27.1. The molecule has 0 aliphatic rings. The molecule has 0 radical (unpaired) electrons. The van der Waals surface area contributed by atoms with Crippen LogP contribution in [-0.2, 0) is 4.79 Å². The van der Waals surface area contributed by atoms with Gasteiger partial charge in [0.2, 0.25) is 15.2 Å². The molecule has 0 aromatic rings. The molecule has 0 saturated carbocycles. The average Bonchev–Trinajstić information content (AvgIpc) is 1.71. The third kappa shape index (κ3) is 34.6. The number of carbonyl (C=O) groups excluding carboxylic acids is 1. The molecule has 0 aromatic heterocycles. The molecule has 0 atom stereocenters. The van der Waals surface area contributed by atoms with Gasteiger partial charge in [-0.15, -0.1) is 10.6 Å². The molecular formula is C6H15AlO. The molecule has 0 aliphatic heterocycles. The Morgan fingerprint density at radius 2 is 1.62 bits per heavy atom. The highest BCUT2D eigenvalue weighted by molar-refractivity contribution is 6.34. The highest BCUT2D eigenvalue weighted by Gasteiger charge is 1.76. The maximum Gasteiger partial charge on any atom is 0.236 e. The van der Waals surface area contributed by atoms with Gasteiger partial charge in [-0.05, 0) is 6.92 Å². The second-order valence-corrected chi connectivity index (χ2v) is 4.30. The molecule has 0 amide bonds. The predicted molar refractivity (Wildman–Crippen MR) is 39.8 cm³/mol. The van der Waals surface area contributed by atoms with Gasteiger partial charge in [0.15, 0.2) is 0 Å². The Hall–Kier alpha value is 0.202. The zero-order chi connectivity index (χ0) is 6.83. The van der Waals surface area contributed by atoms with E-state index in [1.165, 1.54) is 17.5 Å². The largest absolute Gasteiger partial charge is 0.304 e. The van der Waals surface area contributed by atoms with Crippen LogP contribution in [0.2, 0.25) is 10.6 Å². The van der Waals surface area contributed by atoms with Crippen molar-refractivity contribution < 1.29 is 4.79 Å². The van der Waals surface area contributed by atoms with Crippen LogP contribution in [0, 0.1) is 0 Å². The molecule has 0 saturated heterocycles. The van der Waals surface area contributed by atoms with Crippen LogP contribution in [0.1, 0.15) is 20.8 Å². The standard InChI is InChI=1S/C2H4O.2C2H5.Al.H/c1-2-3;2*1-2;;/h2H,1H3;2*1H2,2H3;;. The van der Waals surface area contributed by atoms with Gasteiger partial charge < -0.3 is 4.79 Å². The molecule has 0 N–H and O–H groups in total. The smallest absolute Gasteiger partial charge is 0.236 e. The lowest BCUT2D eigenvalue weighted by molar-refractivity contribution is -0.106. The van der Waals surface area contributed by atoms with E-state index in [-0.39, 0.29) is 0 Å². The third-order valence-corrected chi connectivity index (χ3v) is 2.12. The maximum absolute atomic E-state index is 8.81. The van der Waals surface area contributed by atoms with Gasteiger partial charge in [0.05, 0.1) is 0 Å². The van der Waals surface area contributed by atoms with Crippen LogP contribution in [-0.4, -0.2) is 21.5 Å². The Balaban J connectivity index is 0. The van der Waals surface area contributed by atoms with E-state index in [4.69, 9.17) is 4.79 Å².